The summed E-state index contributed by atoms with van der Waals surface area (Å²) in [5.41, 5.74) is -0.401. The van der Waals surface area contributed by atoms with Gasteiger partial charge in [-0.25, -0.2) is 0 Å². The van der Waals surface area contributed by atoms with E-state index in [0.29, 0.717) is 18.5 Å². The van der Waals surface area contributed by atoms with Gasteiger partial charge >= 0.3 is 0 Å². The van der Waals surface area contributed by atoms with E-state index >= 15 is 0 Å². The third kappa shape index (κ3) is 2.72. The van der Waals surface area contributed by atoms with Crippen LogP contribution in [0, 0.1) is 0 Å². The molecular weight excluding hydrogens is 308 g/mol. The van der Waals surface area contributed by atoms with Crippen molar-refractivity contribution in [3.05, 3.63) is 17.5 Å². The maximum atomic E-state index is 13.0. The Balaban J connectivity index is 1.92. The molecule has 1 N–H and O–H groups in total. The van der Waals surface area contributed by atoms with Gasteiger partial charge < -0.3 is 10.2 Å². The Morgan fingerprint density at radius 1 is 1.46 bits per heavy atom. The average Bonchev–Trinajstić information content (AvgIpc) is 3.20. The van der Waals surface area contributed by atoms with Gasteiger partial charge in [-0.1, -0.05) is 19.8 Å². The van der Waals surface area contributed by atoms with Crippen LogP contribution >= 0.6 is 0 Å². The summed E-state index contributed by atoms with van der Waals surface area (Å²) < 4.78 is 1.49. The number of nitrogens with zero attached hydrogens (tertiary/aromatic N) is 3. The van der Waals surface area contributed by atoms with Gasteiger partial charge in [-0.2, -0.15) is 5.10 Å². The number of carbonyl (C=O) groups is 3. The first-order valence-electron chi connectivity index (χ1n) is 8.65. The lowest BCUT2D eigenvalue weighted by atomic mass is 9.94. The lowest BCUT2D eigenvalue weighted by molar-refractivity contribution is -0.133. The molecule has 0 aromatic carbocycles. The minimum atomic E-state index is -0.991. The van der Waals surface area contributed by atoms with Gasteiger partial charge in [0.15, 0.2) is 6.29 Å². The van der Waals surface area contributed by atoms with Crippen molar-refractivity contribution in [3.8, 4) is 0 Å². The summed E-state index contributed by atoms with van der Waals surface area (Å²) >= 11 is 0. The van der Waals surface area contributed by atoms with Gasteiger partial charge in [-0.3, -0.25) is 19.1 Å². The third-order valence-electron chi connectivity index (χ3n) is 5.06. The molecular formula is C17H24N4O3. The lowest BCUT2D eigenvalue weighted by Gasteiger charge is -2.43. The van der Waals surface area contributed by atoms with E-state index in [9.17, 15) is 14.4 Å². The summed E-state index contributed by atoms with van der Waals surface area (Å²) in [5.74, 6) is -0.377. The number of hydrogen-bond donors (Lipinski definition) is 1. The molecule has 2 heterocycles. The second-order valence-electron chi connectivity index (χ2n) is 6.92. The molecule has 2 amide bonds. The molecule has 1 saturated carbocycles. The van der Waals surface area contributed by atoms with Crippen molar-refractivity contribution in [2.75, 3.05) is 6.54 Å². The molecule has 0 saturated heterocycles. The largest absolute Gasteiger partial charge is 0.351 e. The number of nitrogens with one attached hydrogen (secondary N) is 1. The van der Waals surface area contributed by atoms with E-state index in [1.165, 1.54) is 10.7 Å². The SMILES string of the molecule is CCCN1C(=O)c2cc(C=O)nn2CC1(C)C(=O)NC1CCCC1. The molecule has 130 valence electrons. The van der Waals surface area contributed by atoms with Gasteiger partial charge in [-0.05, 0) is 32.3 Å². The van der Waals surface area contributed by atoms with Crippen LogP contribution in [0.4, 0.5) is 0 Å². The Kier molecular flexibility index (Phi) is 4.43. The standard InChI is InChI=1S/C17H24N4O3/c1-3-8-20-15(23)14-9-13(10-22)19-21(14)11-17(20,2)16(24)18-12-6-4-5-7-12/h9-10,12H,3-8,11H2,1-2H3,(H,18,24). The highest BCUT2D eigenvalue weighted by Crippen LogP contribution is 2.28. The van der Waals surface area contributed by atoms with Crippen LogP contribution in [0.3, 0.4) is 0 Å². The highest BCUT2D eigenvalue weighted by Gasteiger charge is 2.48. The smallest absolute Gasteiger partial charge is 0.273 e. The molecule has 1 unspecified atom stereocenters. The molecule has 0 radical (unpaired) electrons. The Morgan fingerprint density at radius 3 is 2.79 bits per heavy atom. The summed E-state index contributed by atoms with van der Waals surface area (Å²) in [6.07, 6.45) is 5.62. The van der Waals surface area contributed by atoms with Gasteiger partial charge in [0, 0.05) is 12.6 Å². The van der Waals surface area contributed by atoms with Gasteiger partial charge in [0.1, 0.15) is 16.9 Å². The number of fused-ring (bicyclic) bond motifs is 1. The minimum Gasteiger partial charge on any atom is -0.351 e. The van der Waals surface area contributed by atoms with E-state index in [0.717, 1.165) is 32.1 Å². The monoisotopic (exact) mass is 332 g/mol. The summed E-state index contributed by atoms with van der Waals surface area (Å²) in [5, 5.41) is 7.25. The zero-order valence-electron chi connectivity index (χ0n) is 14.2. The van der Waals surface area contributed by atoms with Crippen molar-refractivity contribution in [1.82, 2.24) is 20.0 Å². The van der Waals surface area contributed by atoms with Gasteiger partial charge in [0.25, 0.3) is 5.91 Å². The first-order chi connectivity index (χ1) is 11.5. The van der Waals surface area contributed by atoms with Crippen molar-refractivity contribution < 1.29 is 14.4 Å². The molecule has 1 atom stereocenters. The first kappa shape index (κ1) is 16.7. The summed E-state index contributed by atoms with van der Waals surface area (Å²) in [6.45, 7) is 4.52. The third-order valence-corrected chi connectivity index (χ3v) is 5.06. The van der Waals surface area contributed by atoms with Crippen LogP contribution in [0.2, 0.25) is 0 Å². The fourth-order valence-corrected chi connectivity index (χ4v) is 3.70. The molecule has 24 heavy (non-hydrogen) atoms. The zero-order valence-corrected chi connectivity index (χ0v) is 14.2. The molecule has 1 aromatic heterocycles. The quantitative estimate of drug-likeness (QED) is 0.826. The molecule has 0 spiro atoms. The highest BCUT2D eigenvalue weighted by molar-refractivity contribution is 6.00. The molecule has 1 aliphatic carbocycles. The Labute approximate surface area is 141 Å². The number of amides is 2. The van der Waals surface area contributed by atoms with E-state index < -0.39 is 5.54 Å². The number of aromatic nitrogens is 2. The van der Waals surface area contributed by atoms with E-state index in [1.54, 1.807) is 11.8 Å². The average molecular weight is 332 g/mol. The van der Waals surface area contributed by atoms with E-state index in [4.69, 9.17) is 0 Å². The van der Waals surface area contributed by atoms with Crippen LogP contribution in [0.25, 0.3) is 0 Å². The van der Waals surface area contributed by atoms with Crippen LogP contribution in [0.15, 0.2) is 6.07 Å². The Morgan fingerprint density at radius 2 is 2.17 bits per heavy atom. The van der Waals surface area contributed by atoms with Crippen LogP contribution in [-0.4, -0.2) is 50.9 Å². The summed E-state index contributed by atoms with van der Waals surface area (Å²) in [6, 6.07) is 1.68. The topological polar surface area (TPSA) is 84.3 Å². The molecule has 1 aliphatic heterocycles. The van der Waals surface area contributed by atoms with E-state index in [1.807, 2.05) is 6.92 Å². The van der Waals surface area contributed by atoms with Crippen molar-refractivity contribution in [2.45, 2.75) is 64.1 Å². The number of carbonyl (C=O) groups excluding carboxylic acids is 3. The van der Waals surface area contributed by atoms with Crippen molar-refractivity contribution in [2.24, 2.45) is 0 Å². The van der Waals surface area contributed by atoms with Crippen molar-refractivity contribution >= 4 is 18.1 Å². The summed E-state index contributed by atoms with van der Waals surface area (Å²) in [7, 11) is 0. The fourth-order valence-electron chi connectivity index (χ4n) is 3.70. The minimum absolute atomic E-state index is 0.134. The van der Waals surface area contributed by atoms with E-state index in [-0.39, 0.29) is 30.1 Å². The van der Waals surface area contributed by atoms with E-state index in [2.05, 4.69) is 10.4 Å². The molecule has 7 heteroatoms. The van der Waals surface area contributed by atoms with Crippen molar-refractivity contribution in [3.63, 3.8) is 0 Å². The van der Waals surface area contributed by atoms with Crippen molar-refractivity contribution in [1.29, 1.82) is 0 Å². The van der Waals surface area contributed by atoms with Gasteiger partial charge in [0.05, 0.1) is 6.54 Å². The predicted molar refractivity (Wildman–Crippen MR) is 87.7 cm³/mol. The van der Waals surface area contributed by atoms with Gasteiger partial charge in [0.2, 0.25) is 5.91 Å². The molecule has 7 nitrogen and oxygen atoms in total. The van der Waals surface area contributed by atoms with Crippen LogP contribution < -0.4 is 5.32 Å². The highest BCUT2D eigenvalue weighted by atomic mass is 16.2. The molecule has 2 aliphatic rings. The fraction of sp³-hybridized carbons (Fsp3) is 0.647. The first-order valence-corrected chi connectivity index (χ1v) is 8.65. The molecule has 0 bridgehead atoms. The second kappa shape index (κ2) is 6.37. The lowest BCUT2D eigenvalue weighted by Crippen LogP contribution is -2.65. The Hall–Kier alpha value is -2.18. The maximum Gasteiger partial charge on any atom is 0.273 e. The zero-order chi connectivity index (χ0) is 17.3. The Bertz CT molecular complexity index is 663. The maximum absolute atomic E-state index is 13.0. The second-order valence-corrected chi connectivity index (χ2v) is 6.92. The number of hydrogen-bond acceptors (Lipinski definition) is 4. The molecule has 3 rings (SSSR count). The normalized spacial score (nSPS) is 24.1. The molecule has 1 fully saturated rings. The predicted octanol–water partition coefficient (Wildman–Crippen LogP) is 1.38. The van der Waals surface area contributed by atoms with Crippen LogP contribution in [-0.2, 0) is 11.3 Å². The molecule has 1 aromatic rings. The summed E-state index contributed by atoms with van der Waals surface area (Å²) in [4.78, 5) is 38.5. The number of aldehydes is 1. The van der Waals surface area contributed by atoms with Crippen LogP contribution in [0.1, 0.15) is 66.9 Å². The van der Waals surface area contributed by atoms with Crippen LogP contribution in [0.5, 0.6) is 0 Å². The van der Waals surface area contributed by atoms with Gasteiger partial charge in [-0.15, -0.1) is 0 Å². The number of rotatable bonds is 5.